The predicted molar refractivity (Wildman–Crippen MR) is 104 cm³/mol. The van der Waals surface area contributed by atoms with Gasteiger partial charge in [-0.2, -0.15) is 0 Å². The largest absolute Gasteiger partial charge is 0.450 e. The van der Waals surface area contributed by atoms with Crippen molar-refractivity contribution in [2.24, 2.45) is 0 Å². The zero-order valence-electron chi connectivity index (χ0n) is 16.1. The van der Waals surface area contributed by atoms with Gasteiger partial charge in [0.15, 0.2) is 0 Å². The Balaban J connectivity index is 1.75. The summed E-state index contributed by atoms with van der Waals surface area (Å²) in [4.78, 5) is 48.6. The number of nitrogens with one attached hydrogen (secondary N) is 3. The van der Waals surface area contributed by atoms with Crippen molar-refractivity contribution in [3.05, 3.63) is 24.3 Å². The Kier molecular flexibility index (Phi) is 7.79. The summed E-state index contributed by atoms with van der Waals surface area (Å²) in [5, 5.41) is 8.09. The Morgan fingerprint density at radius 1 is 1.07 bits per heavy atom. The van der Waals surface area contributed by atoms with Crippen LogP contribution in [0.3, 0.4) is 0 Å². The van der Waals surface area contributed by atoms with Crippen molar-refractivity contribution in [2.45, 2.75) is 39.2 Å². The smallest absolute Gasteiger partial charge is 0.409 e. The lowest BCUT2D eigenvalue weighted by Crippen LogP contribution is -2.47. The highest BCUT2D eigenvalue weighted by molar-refractivity contribution is 6.04. The van der Waals surface area contributed by atoms with E-state index in [2.05, 4.69) is 16.0 Å². The average Bonchev–Trinajstić information content (AvgIpc) is 2.62. The van der Waals surface area contributed by atoms with Gasteiger partial charge in [-0.25, -0.2) is 4.79 Å². The van der Waals surface area contributed by atoms with Crippen LogP contribution >= 0.6 is 0 Å². The van der Waals surface area contributed by atoms with Gasteiger partial charge in [0.1, 0.15) is 6.42 Å². The van der Waals surface area contributed by atoms with Gasteiger partial charge in [-0.3, -0.25) is 14.4 Å². The molecule has 9 heteroatoms. The Morgan fingerprint density at radius 2 is 1.71 bits per heavy atom. The molecule has 0 atom stereocenters. The topological polar surface area (TPSA) is 117 Å². The van der Waals surface area contributed by atoms with Crippen LogP contribution in [0.25, 0.3) is 0 Å². The molecule has 3 N–H and O–H groups in total. The maximum Gasteiger partial charge on any atom is 0.409 e. The maximum atomic E-state index is 12.1. The van der Waals surface area contributed by atoms with Gasteiger partial charge in [0, 0.05) is 37.4 Å². The van der Waals surface area contributed by atoms with E-state index >= 15 is 0 Å². The van der Waals surface area contributed by atoms with E-state index < -0.39 is 5.91 Å². The Labute approximate surface area is 163 Å². The van der Waals surface area contributed by atoms with Gasteiger partial charge in [-0.05, 0) is 38.0 Å². The van der Waals surface area contributed by atoms with Crippen molar-refractivity contribution >= 4 is 35.2 Å². The van der Waals surface area contributed by atoms with Crippen molar-refractivity contribution in [3.63, 3.8) is 0 Å². The first kappa shape index (κ1) is 21.2. The molecular formula is C19H26N4O5. The van der Waals surface area contributed by atoms with Gasteiger partial charge in [0.2, 0.25) is 17.7 Å². The van der Waals surface area contributed by atoms with Gasteiger partial charge in [-0.1, -0.05) is 6.07 Å². The number of anilines is 2. The molecule has 0 spiro atoms. The van der Waals surface area contributed by atoms with Crippen LogP contribution in [0.5, 0.6) is 0 Å². The van der Waals surface area contributed by atoms with Gasteiger partial charge in [0.25, 0.3) is 0 Å². The number of likely N-dealkylation sites (tertiary alicyclic amines) is 1. The van der Waals surface area contributed by atoms with Crippen LogP contribution in [0.1, 0.15) is 33.1 Å². The number of piperidine rings is 1. The van der Waals surface area contributed by atoms with Crippen LogP contribution in [0, 0.1) is 0 Å². The van der Waals surface area contributed by atoms with E-state index in [-0.39, 0.29) is 30.4 Å². The fourth-order valence-corrected chi connectivity index (χ4v) is 2.93. The first-order valence-electron chi connectivity index (χ1n) is 9.26. The van der Waals surface area contributed by atoms with Crippen LogP contribution in [0.4, 0.5) is 16.2 Å². The quantitative estimate of drug-likeness (QED) is 0.640. The molecule has 9 nitrogen and oxygen atoms in total. The minimum absolute atomic E-state index is 0.0749. The summed E-state index contributed by atoms with van der Waals surface area (Å²) in [5.41, 5.74) is 1.05. The first-order chi connectivity index (χ1) is 13.4. The summed E-state index contributed by atoms with van der Waals surface area (Å²) in [6.07, 6.45) is 0.589. The number of rotatable bonds is 6. The second-order valence-electron chi connectivity index (χ2n) is 6.51. The lowest BCUT2D eigenvalue weighted by molar-refractivity contribution is -0.127. The molecule has 1 aliphatic heterocycles. The van der Waals surface area contributed by atoms with Gasteiger partial charge < -0.3 is 25.6 Å². The van der Waals surface area contributed by atoms with Gasteiger partial charge in [-0.15, -0.1) is 0 Å². The van der Waals surface area contributed by atoms with E-state index in [9.17, 15) is 19.2 Å². The minimum atomic E-state index is -0.443. The van der Waals surface area contributed by atoms with Crippen molar-refractivity contribution in [3.8, 4) is 0 Å². The van der Waals surface area contributed by atoms with E-state index in [4.69, 9.17) is 4.74 Å². The Hall–Kier alpha value is -3.10. The molecule has 4 amide bonds. The predicted octanol–water partition coefficient (Wildman–Crippen LogP) is 1.71. The zero-order chi connectivity index (χ0) is 20.5. The number of nitrogens with zero attached hydrogens (tertiary/aromatic N) is 1. The van der Waals surface area contributed by atoms with Crippen LogP contribution in [-0.4, -0.2) is 54.5 Å². The number of hydrogen-bond donors (Lipinski definition) is 3. The first-order valence-corrected chi connectivity index (χ1v) is 9.26. The molecule has 1 aromatic rings. The molecule has 0 saturated carbocycles. The average molecular weight is 390 g/mol. The van der Waals surface area contributed by atoms with Gasteiger partial charge in [0.05, 0.1) is 6.61 Å². The number of carbonyl (C=O) groups is 4. The van der Waals surface area contributed by atoms with Crippen molar-refractivity contribution in [1.82, 2.24) is 10.2 Å². The molecule has 0 aromatic heterocycles. The molecule has 2 rings (SSSR count). The number of ether oxygens (including phenoxy) is 1. The third kappa shape index (κ3) is 6.90. The second-order valence-corrected chi connectivity index (χ2v) is 6.51. The summed E-state index contributed by atoms with van der Waals surface area (Å²) >= 11 is 0. The van der Waals surface area contributed by atoms with E-state index in [0.717, 1.165) is 0 Å². The summed E-state index contributed by atoms with van der Waals surface area (Å²) in [6, 6.07) is 6.60. The Morgan fingerprint density at radius 3 is 2.32 bits per heavy atom. The SMILES string of the molecule is CCOC(=O)N1CCC(NC(=O)CC(=O)Nc2cccc(NC(C)=O)c2)CC1. The van der Waals surface area contributed by atoms with Crippen LogP contribution < -0.4 is 16.0 Å². The highest BCUT2D eigenvalue weighted by atomic mass is 16.6. The molecule has 1 saturated heterocycles. The fraction of sp³-hybridized carbons (Fsp3) is 0.474. The summed E-state index contributed by atoms with van der Waals surface area (Å²) < 4.78 is 4.96. The lowest BCUT2D eigenvalue weighted by atomic mass is 10.1. The van der Waals surface area contributed by atoms with E-state index in [1.165, 1.54) is 6.92 Å². The molecule has 1 fully saturated rings. The van der Waals surface area contributed by atoms with Crippen molar-refractivity contribution in [1.29, 1.82) is 0 Å². The fourth-order valence-electron chi connectivity index (χ4n) is 2.93. The van der Waals surface area contributed by atoms with Crippen molar-refractivity contribution < 1.29 is 23.9 Å². The van der Waals surface area contributed by atoms with Crippen LogP contribution in [0.2, 0.25) is 0 Å². The summed E-state index contributed by atoms with van der Waals surface area (Å²) in [5.74, 6) is -1.02. The van der Waals surface area contributed by atoms with E-state index in [1.807, 2.05) is 0 Å². The number of benzene rings is 1. The van der Waals surface area contributed by atoms with Gasteiger partial charge >= 0.3 is 6.09 Å². The molecule has 1 heterocycles. The van der Waals surface area contributed by atoms with E-state index in [0.29, 0.717) is 43.9 Å². The van der Waals surface area contributed by atoms with Crippen LogP contribution in [0.15, 0.2) is 24.3 Å². The molecule has 0 bridgehead atoms. The molecule has 0 unspecified atom stereocenters. The van der Waals surface area contributed by atoms with Crippen molar-refractivity contribution in [2.75, 3.05) is 30.3 Å². The number of amides is 4. The molecule has 28 heavy (non-hydrogen) atoms. The highest BCUT2D eigenvalue weighted by Crippen LogP contribution is 2.15. The standard InChI is InChI=1S/C19H26N4O5/c1-3-28-19(27)23-9-7-14(8-10-23)21-17(25)12-18(26)22-16-6-4-5-15(11-16)20-13(2)24/h4-6,11,14H,3,7-10,12H2,1-2H3,(H,20,24)(H,21,25)(H,22,26). The highest BCUT2D eigenvalue weighted by Gasteiger charge is 2.25. The molecule has 0 radical (unpaired) electrons. The minimum Gasteiger partial charge on any atom is -0.450 e. The molecule has 0 aliphatic carbocycles. The molecule has 1 aliphatic rings. The molecule has 1 aromatic carbocycles. The summed E-state index contributed by atoms with van der Waals surface area (Å²) in [7, 11) is 0. The maximum absolute atomic E-state index is 12.1. The monoisotopic (exact) mass is 390 g/mol. The zero-order valence-corrected chi connectivity index (χ0v) is 16.1. The Bertz CT molecular complexity index is 729. The van der Waals surface area contributed by atoms with E-state index in [1.54, 1.807) is 36.1 Å². The summed E-state index contributed by atoms with van der Waals surface area (Å²) in [6.45, 7) is 4.50. The number of hydrogen-bond acceptors (Lipinski definition) is 5. The second kappa shape index (κ2) is 10.3. The lowest BCUT2D eigenvalue weighted by Gasteiger charge is -2.31. The third-order valence-electron chi connectivity index (χ3n) is 4.17. The normalized spacial score (nSPS) is 14.1. The number of carbonyl (C=O) groups excluding carboxylic acids is 4. The van der Waals surface area contributed by atoms with Crippen LogP contribution in [-0.2, 0) is 19.1 Å². The third-order valence-corrected chi connectivity index (χ3v) is 4.17. The molecule has 152 valence electrons. The molecular weight excluding hydrogens is 364 g/mol.